The first-order valence-electron chi connectivity index (χ1n) is 12.3. The quantitative estimate of drug-likeness (QED) is 0.443. The van der Waals surface area contributed by atoms with Gasteiger partial charge in [-0.3, -0.25) is 9.59 Å². The number of halogens is 1. The van der Waals surface area contributed by atoms with Crippen molar-refractivity contribution in [2.45, 2.75) is 56.1 Å². The average molecular weight is 543 g/mol. The minimum Gasteiger partial charge on any atom is -0.447 e. The number of esters is 1. The van der Waals surface area contributed by atoms with E-state index in [1.165, 1.54) is 0 Å². The van der Waals surface area contributed by atoms with Crippen molar-refractivity contribution < 1.29 is 29.3 Å². The fourth-order valence-corrected chi connectivity index (χ4v) is 8.88. The monoisotopic (exact) mass is 542 g/mol. The van der Waals surface area contributed by atoms with Crippen LogP contribution in [0.2, 0.25) is 0 Å². The molecule has 0 bridgehead atoms. The standard InChI is InChI=1S/C28H31BrO6/c1-26-10-8-18(31)12-17(26)13-20(29)23-19-9-11-28(22(33)15-30,27(19,2)14-21(32)24(23)26)35-25(34)16-6-4-3-5-7-16/h3-8,10,12,19-21,23-24,30,32H,9,11,13-15H2,1-2H3/t19-,20?,21?,23+,24-,26-,27-,28-/m0/s1. The maximum Gasteiger partial charge on any atom is 0.339 e. The van der Waals surface area contributed by atoms with E-state index >= 15 is 0 Å². The molecule has 0 radical (unpaired) electrons. The van der Waals surface area contributed by atoms with E-state index in [9.17, 15) is 24.6 Å². The molecule has 1 aromatic rings. The van der Waals surface area contributed by atoms with Gasteiger partial charge in [0.2, 0.25) is 5.78 Å². The van der Waals surface area contributed by atoms with Crippen molar-refractivity contribution >= 4 is 33.5 Å². The summed E-state index contributed by atoms with van der Waals surface area (Å²) in [5.74, 6) is -1.34. The molecule has 186 valence electrons. The number of alkyl halides is 1. The van der Waals surface area contributed by atoms with Gasteiger partial charge >= 0.3 is 5.97 Å². The smallest absolute Gasteiger partial charge is 0.339 e. The largest absolute Gasteiger partial charge is 0.447 e. The summed E-state index contributed by atoms with van der Waals surface area (Å²) < 4.78 is 6.07. The third-order valence-electron chi connectivity index (χ3n) is 9.47. The average Bonchev–Trinajstić information content (AvgIpc) is 3.12. The summed E-state index contributed by atoms with van der Waals surface area (Å²) in [7, 11) is 0. The van der Waals surface area contributed by atoms with Crippen LogP contribution < -0.4 is 0 Å². The molecule has 4 aliphatic rings. The van der Waals surface area contributed by atoms with Crippen molar-refractivity contribution in [3.05, 3.63) is 59.7 Å². The summed E-state index contributed by atoms with van der Waals surface area (Å²) in [5, 5.41) is 21.6. The first-order chi connectivity index (χ1) is 16.6. The molecule has 8 atom stereocenters. The molecule has 3 fully saturated rings. The van der Waals surface area contributed by atoms with Gasteiger partial charge in [0.15, 0.2) is 11.4 Å². The Bertz CT molecular complexity index is 1130. The Labute approximate surface area is 213 Å². The fourth-order valence-electron chi connectivity index (χ4n) is 7.83. The summed E-state index contributed by atoms with van der Waals surface area (Å²) in [4.78, 5) is 38.6. The molecule has 2 unspecified atom stereocenters. The number of fused-ring (bicyclic) bond motifs is 5. The summed E-state index contributed by atoms with van der Waals surface area (Å²) in [6.07, 6.45) is 6.30. The van der Waals surface area contributed by atoms with E-state index < -0.39 is 40.9 Å². The highest BCUT2D eigenvalue weighted by Gasteiger charge is 2.71. The van der Waals surface area contributed by atoms with Gasteiger partial charge < -0.3 is 14.9 Å². The topological polar surface area (TPSA) is 101 Å². The molecular weight excluding hydrogens is 512 g/mol. The van der Waals surface area contributed by atoms with Crippen molar-refractivity contribution in [1.29, 1.82) is 0 Å². The molecule has 0 saturated heterocycles. The number of aliphatic hydroxyl groups is 2. The molecule has 0 spiro atoms. The molecule has 4 aliphatic carbocycles. The van der Waals surface area contributed by atoms with Crippen LogP contribution in [0, 0.1) is 28.6 Å². The number of carbonyl (C=O) groups excluding carboxylic acids is 3. The van der Waals surface area contributed by atoms with Crippen molar-refractivity contribution in [2.75, 3.05) is 6.61 Å². The van der Waals surface area contributed by atoms with Gasteiger partial charge in [-0.25, -0.2) is 4.79 Å². The predicted molar refractivity (Wildman–Crippen MR) is 133 cm³/mol. The van der Waals surface area contributed by atoms with E-state index in [4.69, 9.17) is 4.74 Å². The van der Waals surface area contributed by atoms with Crippen LogP contribution in [0.4, 0.5) is 0 Å². The number of Topliss-reactive ketones (excluding diaryl/α,β-unsaturated/α-hetero) is 1. The molecule has 6 nitrogen and oxygen atoms in total. The van der Waals surface area contributed by atoms with Gasteiger partial charge in [0.25, 0.3) is 0 Å². The lowest BCUT2D eigenvalue weighted by atomic mass is 9.46. The number of allylic oxidation sites excluding steroid dienone is 4. The Balaban J connectivity index is 1.56. The Morgan fingerprint density at radius 2 is 1.91 bits per heavy atom. The zero-order valence-corrected chi connectivity index (χ0v) is 21.5. The van der Waals surface area contributed by atoms with Gasteiger partial charge in [-0.05, 0) is 61.8 Å². The van der Waals surface area contributed by atoms with Crippen molar-refractivity contribution in [3.63, 3.8) is 0 Å². The fraction of sp³-hybridized carbons (Fsp3) is 0.536. The first-order valence-corrected chi connectivity index (χ1v) is 13.2. The van der Waals surface area contributed by atoms with Crippen LogP contribution in [0.5, 0.6) is 0 Å². The molecule has 35 heavy (non-hydrogen) atoms. The van der Waals surface area contributed by atoms with E-state index in [2.05, 4.69) is 22.9 Å². The molecular formula is C28H31BrO6. The number of hydrogen-bond donors (Lipinski definition) is 2. The zero-order valence-electron chi connectivity index (χ0n) is 19.9. The molecule has 0 heterocycles. The normalized spacial score (nSPS) is 41.9. The molecule has 7 heteroatoms. The van der Waals surface area contributed by atoms with Gasteiger partial charge in [-0.15, -0.1) is 0 Å². The molecule has 0 aliphatic heterocycles. The van der Waals surface area contributed by atoms with Crippen LogP contribution in [0.1, 0.15) is 49.9 Å². The lowest BCUT2D eigenvalue weighted by Crippen LogP contribution is -2.64. The van der Waals surface area contributed by atoms with Gasteiger partial charge in [-0.2, -0.15) is 0 Å². The number of carbonyl (C=O) groups is 3. The Hall–Kier alpha value is -2.09. The number of rotatable bonds is 4. The Morgan fingerprint density at radius 3 is 2.60 bits per heavy atom. The molecule has 3 saturated carbocycles. The lowest BCUT2D eigenvalue weighted by Gasteiger charge is -2.61. The highest BCUT2D eigenvalue weighted by Crippen LogP contribution is 2.68. The van der Waals surface area contributed by atoms with Crippen LogP contribution in [0.3, 0.4) is 0 Å². The SMILES string of the molecule is C[C@]12C=CC(=O)C=C1CC(Br)[C@@H]1[C@@H]2C(O)C[C@@]2(C)[C@H]1CC[C@]2(OC(=O)c1ccccc1)C(=O)CO. The van der Waals surface area contributed by atoms with Crippen LogP contribution in [-0.2, 0) is 14.3 Å². The molecule has 5 rings (SSSR count). The Morgan fingerprint density at radius 1 is 1.20 bits per heavy atom. The first kappa shape index (κ1) is 24.6. The van der Waals surface area contributed by atoms with Crippen LogP contribution >= 0.6 is 15.9 Å². The number of benzene rings is 1. The third kappa shape index (κ3) is 3.45. The summed E-state index contributed by atoms with van der Waals surface area (Å²) in [5.41, 5.74) is -1.48. The summed E-state index contributed by atoms with van der Waals surface area (Å²) in [6, 6.07) is 8.54. The lowest BCUT2D eigenvalue weighted by molar-refractivity contribution is -0.178. The van der Waals surface area contributed by atoms with E-state index in [0.717, 1.165) is 5.57 Å². The summed E-state index contributed by atoms with van der Waals surface area (Å²) in [6.45, 7) is 3.28. The maximum absolute atomic E-state index is 13.4. The minimum absolute atomic E-state index is 0.00439. The molecule has 2 N–H and O–H groups in total. The molecule has 0 aromatic heterocycles. The van der Waals surface area contributed by atoms with E-state index in [-0.39, 0.29) is 34.8 Å². The second-order valence-corrected chi connectivity index (χ2v) is 12.2. The van der Waals surface area contributed by atoms with E-state index in [0.29, 0.717) is 24.8 Å². The highest BCUT2D eigenvalue weighted by molar-refractivity contribution is 9.09. The van der Waals surface area contributed by atoms with Crippen molar-refractivity contribution in [2.24, 2.45) is 28.6 Å². The summed E-state index contributed by atoms with van der Waals surface area (Å²) >= 11 is 3.87. The molecule has 0 amide bonds. The van der Waals surface area contributed by atoms with Crippen molar-refractivity contribution in [1.82, 2.24) is 0 Å². The van der Waals surface area contributed by atoms with E-state index in [1.807, 2.05) is 13.0 Å². The number of aliphatic hydroxyl groups excluding tert-OH is 2. The second-order valence-electron chi connectivity index (χ2n) is 11.0. The van der Waals surface area contributed by atoms with Gasteiger partial charge in [0.1, 0.15) is 6.61 Å². The third-order valence-corrected chi connectivity index (χ3v) is 10.4. The van der Waals surface area contributed by atoms with Crippen LogP contribution in [0.15, 0.2) is 54.1 Å². The minimum atomic E-state index is -1.52. The van der Waals surface area contributed by atoms with E-state index in [1.54, 1.807) is 42.5 Å². The second kappa shape index (κ2) is 8.49. The van der Waals surface area contributed by atoms with Gasteiger partial charge in [0, 0.05) is 21.6 Å². The number of ether oxygens (including phenoxy) is 1. The van der Waals surface area contributed by atoms with Gasteiger partial charge in [0.05, 0.1) is 11.7 Å². The van der Waals surface area contributed by atoms with Crippen molar-refractivity contribution in [3.8, 4) is 0 Å². The highest BCUT2D eigenvalue weighted by atomic mass is 79.9. The Kier molecular flexibility index (Phi) is 5.97. The maximum atomic E-state index is 13.4. The number of ketones is 2. The predicted octanol–water partition coefficient (Wildman–Crippen LogP) is 3.80. The van der Waals surface area contributed by atoms with Crippen LogP contribution in [0.25, 0.3) is 0 Å². The zero-order chi connectivity index (χ0) is 25.2. The van der Waals surface area contributed by atoms with Gasteiger partial charge in [-0.1, -0.05) is 59.6 Å². The molecule has 1 aromatic carbocycles. The van der Waals surface area contributed by atoms with Crippen LogP contribution in [-0.4, -0.2) is 50.9 Å². The number of hydrogen-bond acceptors (Lipinski definition) is 6.